The molecule has 0 spiro atoms. The maximum absolute atomic E-state index is 10.6. The lowest BCUT2D eigenvalue weighted by molar-refractivity contribution is -0.384. The fraction of sp³-hybridized carbons (Fsp3) is 0.300. The number of hydrogen-bond acceptors (Lipinski definition) is 3. The number of nitro groups is 1. The predicted molar refractivity (Wildman–Crippen MR) is 53.9 cm³/mol. The topological polar surface area (TPSA) is 55.5 Å². The van der Waals surface area contributed by atoms with Gasteiger partial charge in [0.15, 0.2) is 0 Å². The Morgan fingerprint density at radius 2 is 2.29 bits per heavy atom. The number of non-ortho nitro benzene ring substituents is 1. The van der Waals surface area contributed by atoms with Crippen molar-refractivity contribution in [2.45, 2.75) is 13.3 Å². The first-order valence-corrected chi connectivity index (χ1v) is 4.47. The van der Waals surface area contributed by atoms with Gasteiger partial charge in [0.05, 0.1) is 4.92 Å². The van der Waals surface area contributed by atoms with E-state index in [1.165, 1.54) is 0 Å². The molecular formula is C10H10N2O2. The fourth-order valence-electron chi connectivity index (χ4n) is 1.66. The van der Waals surface area contributed by atoms with Crippen LogP contribution in [0.25, 0.3) is 0 Å². The first-order valence-electron chi connectivity index (χ1n) is 4.47. The van der Waals surface area contributed by atoms with Gasteiger partial charge in [-0.05, 0) is 18.9 Å². The molecule has 72 valence electrons. The zero-order chi connectivity index (χ0) is 10.1. The van der Waals surface area contributed by atoms with Crippen molar-refractivity contribution in [1.29, 1.82) is 0 Å². The van der Waals surface area contributed by atoms with E-state index in [-0.39, 0.29) is 10.6 Å². The van der Waals surface area contributed by atoms with Crippen LogP contribution in [0.2, 0.25) is 0 Å². The minimum atomic E-state index is -0.373. The van der Waals surface area contributed by atoms with Gasteiger partial charge in [-0.25, -0.2) is 0 Å². The van der Waals surface area contributed by atoms with Crippen LogP contribution in [-0.2, 0) is 6.42 Å². The van der Waals surface area contributed by atoms with Crippen LogP contribution in [0.3, 0.4) is 0 Å². The van der Waals surface area contributed by atoms with Gasteiger partial charge in [0.1, 0.15) is 0 Å². The highest BCUT2D eigenvalue weighted by Gasteiger charge is 2.14. The molecule has 0 saturated heterocycles. The predicted octanol–water partition coefficient (Wildman–Crippen LogP) is 1.96. The Morgan fingerprint density at radius 3 is 3.00 bits per heavy atom. The molecule has 2 rings (SSSR count). The standard InChI is InChI=1S/C10H10N2O2/c1-7-10-6-9(12(13)14)3-2-8(10)4-5-11-7/h2-3,6H,4-5H2,1H3. The number of aliphatic imine (C=N–C) groups is 1. The Kier molecular flexibility index (Phi) is 2.04. The summed E-state index contributed by atoms with van der Waals surface area (Å²) in [7, 11) is 0. The third kappa shape index (κ3) is 1.39. The Balaban J connectivity index is 2.53. The molecule has 0 amide bonds. The van der Waals surface area contributed by atoms with Crippen LogP contribution in [0, 0.1) is 10.1 Å². The minimum absolute atomic E-state index is 0.139. The van der Waals surface area contributed by atoms with E-state index in [1.807, 2.05) is 13.0 Å². The van der Waals surface area contributed by atoms with Gasteiger partial charge < -0.3 is 0 Å². The van der Waals surface area contributed by atoms with Crippen molar-refractivity contribution >= 4 is 11.4 Å². The molecule has 0 saturated carbocycles. The molecule has 0 aliphatic carbocycles. The summed E-state index contributed by atoms with van der Waals surface area (Å²) in [5, 5.41) is 10.6. The van der Waals surface area contributed by atoms with Crippen molar-refractivity contribution in [2.24, 2.45) is 4.99 Å². The number of fused-ring (bicyclic) bond motifs is 1. The van der Waals surface area contributed by atoms with Crippen LogP contribution in [0.5, 0.6) is 0 Å². The zero-order valence-corrected chi connectivity index (χ0v) is 7.86. The van der Waals surface area contributed by atoms with Crippen LogP contribution in [0.4, 0.5) is 5.69 Å². The van der Waals surface area contributed by atoms with Crippen LogP contribution < -0.4 is 0 Å². The van der Waals surface area contributed by atoms with E-state index in [4.69, 9.17) is 0 Å². The van der Waals surface area contributed by atoms with Crippen molar-refractivity contribution in [3.05, 3.63) is 39.4 Å². The lowest BCUT2D eigenvalue weighted by Crippen LogP contribution is -2.10. The molecule has 0 aromatic heterocycles. The van der Waals surface area contributed by atoms with Crippen molar-refractivity contribution in [3.8, 4) is 0 Å². The zero-order valence-electron chi connectivity index (χ0n) is 7.86. The highest BCUT2D eigenvalue weighted by molar-refractivity contribution is 6.01. The lowest BCUT2D eigenvalue weighted by atomic mass is 9.98. The Morgan fingerprint density at radius 1 is 1.50 bits per heavy atom. The Labute approximate surface area is 81.4 Å². The van der Waals surface area contributed by atoms with Crippen LogP contribution >= 0.6 is 0 Å². The van der Waals surface area contributed by atoms with Gasteiger partial charge in [-0.15, -0.1) is 0 Å². The highest BCUT2D eigenvalue weighted by Crippen LogP contribution is 2.21. The van der Waals surface area contributed by atoms with E-state index < -0.39 is 0 Å². The van der Waals surface area contributed by atoms with Gasteiger partial charge in [0.2, 0.25) is 0 Å². The normalized spacial score (nSPS) is 14.5. The summed E-state index contributed by atoms with van der Waals surface area (Å²) in [6.07, 6.45) is 0.880. The molecular weight excluding hydrogens is 180 g/mol. The molecule has 4 nitrogen and oxygen atoms in total. The second-order valence-electron chi connectivity index (χ2n) is 3.32. The summed E-state index contributed by atoms with van der Waals surface area (Å²) in [6.45, 7) is 2.68. The van der Waals surface area contributed by atoms with Gasteiger partial charge >= 0.3 is 0 Å². The molecule has 1 heterocycles. The molecule has 1 aliphatic heterocycles. The summed E-state index contributed by atoms with van der Waals surface area (Å²) in [5.74, 6) is 0. The summed E-state index contributed by atoms with van der Waals surface area (Å²) >= 11 is 0. The van der Waals surface area contributed by atoms with Crippen molar-refractivity contribution in [2.75, 3.05) is 6.54 Å². The molecule has 4 heteroatoms. The number of nitro benzene ring substituents is 1. The van der Waals surface area contributed by atoms with E-state index in [0.717, 1.165) is 29.8 Å². The van der Waals surface area contributed by atoms with Gasteiger partial charge in [-0.3, -0.25) is 15.1 Å². The van der Waals surface area contributed by atoms with Gasteiger partial charge in [-0.2, -0.15) is 0 Å². The second-order valence-corrected chi connectivity index (χ2v) is 3.32. The van der Waals surface area contributed by atoms with E-state index in [2.05, 4.69) is 4.99 Å². The van der Waals surface area contributed by atoms with Crippen LogP contribution in [0.1, 0.15) is 18.1 Å². The first-order chi connectivity index (χ1) is 6.68. The van der Waals surface area contributed by atoms with Crippen molar-refractivity contribution in [1.82, 2.24) is 0 Å². The summed E-state index contributed by atoms with van der Waals surface area (Å²) in [6, 6.07) is 4.98. The summed E-state index contributed by atoms with van der Waals surface area (Å²) in [5.41, 5.74) is 3.11. The van der Waals surface area contributed by atoms with Crippen molar-refractivity contribution in [3.63, 3.8) is 0 Å². The largest absolute Gasteiger partial charge is 0.289 e. The fourth-order valence-corrected chi connectivity index (χ4v) is 1.66. The first kappa shape index (κ1) is 8.87. The molecule has 0 fully saturated rings. The molecule has 0 bridgehead atoms. The number of hydrogen-bond donors (Lipinski definition) is 0. The molecule has 1 aromatic rings. The molecule has 0 radical (unpaired) electrons. The Hall–Kier alpha value is -1.71. The molecule has 1 aliphatic rings. The number of benzene rings is 1. The highest BCUT2D eigenvalue weighted by atomic mass is 16.6. The van der Waals surface area contributed by atoms with Crippen LogP contribution in [-0.4, -0.2) is 17.2 Å². The smallest absolute Gasteiger partial charge is 0.270 e. The monoisotopic (exact) mass is 190 g/mol. The quantitative estimate of drug-likeness (QED) is 0.502. The maximum Gasteiger partial charge on any atom is 0.270 e. The third-order valence-electron chi connectivity index (χ3n) is 2.42. The molecule has 0 atom stereocenters. The summed E-state index contributed by atoms with van der Waals surface area (Å²) < 4.78 is 0. The molecule has 14 heavy (non-hydrogen) atoms. The van der Waals surface area contributed by atoms with Crippen LogP contribution in [0.15, 0.2) is 23.2 Å². The Bertz CT molecular complexity index is 424. The average molecular weight is 190 g/mol. The van der Waals surface area contributed by atoms with Gasteiger partial charge in [0.25, 0.3) is 5.69 Å². The van der Waals surface area contributed by atoms with Gasteiger partial charge in [0, 0.05) is 30.0 Å². The van der Waals surface area contributed by atoms with Crippen molar-refractivity contribution < 1.29 is 4.92 Å². The SMILES string of the molecule is CC1=NCCc2ccc([N+](=O)[O-])cc21. The minimum Gasteiger partial charge on any atom is -0.289 e. The van der Waals surface area contributed by atoms with E-state index in [0.29, 0.717) is 0 Å². The molecule has 0 N–H and O–H groups in total. The molecule has 1 aromatic carbocycles. The lowest BCUT2D eigenvalue weighted by Gasteiger charge is -2.13. The van der Waals surface area contributed by atoms with Gasteiger partial charge in [-0.1, -0.05) is 6.07 Å². The van der Waals surface area contributed by atoms with E-state index >= 15 is 0 Å². The summed E-state index contributed by atoms with van der Waals surface area (Å²) in [4.78, 5) is 14.5. The third-order valence-corrected chi connectivity index (χ3v) is 2.42. The van der Waals surface area contributed by atoms with E-state index in [1.54, 1.807) is 12.1 Å². The maximum atomic E-state index is 10.6. The van der Waals surface area contributed by atoms with E-state index in [9.17, 15) is 10.1 Å². The number of rotatable bonds is 1. The molecule has 0 unspecified atom stereocenters. The average Bonchev–Trinajstić information content (AvgIpc) is 2.18. The number of nitrogens with zero attached hydrogens (tertiary/aromatic N) is 2. The second kappa shape index (κ2) is 3.21.